The van der Waals surface area contributed by atoms with Crippen molar-refractivity contribution >= 4 is 131 Å². The van der Waals surface area contributed by atoms with E-state index in [-0.39, 0.29) is 0 Å². The van der Waals surface area contributed by atoms with Gasteiger partial charge in [0, 0.05) is 115 Å². The lowest BCUT2D eigenvalue weighted by Crippen LogP contribution is -2.01. The maximum absolute atomic E-state index is 7.00. The highest BCUT2D eigenvalue weighted by Crippen LogP contribution is 2.49. The lowest BCUT2D eigenvalue weighted by Gasteiger charge is -2.13. The summed E-state index contributed by atoms with van der Waals surface area (Å²) in [5, 5.41) is 13.3. The Morgan fingerprint density at radius 1 is 0.175 bits per heavy atom. The standard InChI is InChI=1S/C102H60N10O2/c1-5-25-61(26-6-1)97-103-98(62-27-7-2-8-28-62)106-101(105-97)67-34-23-39-71(59-67)111-84-54-53-83-90(91(84)78-51-56-88-93(94(78)111)77-44-16-20-48-87(77)113-88)76-43-14-18-46-81(76)110(83)70-38-22-32-65(58-70)64-31-21-33-66(57-64)100-104-99(63-29-9-3-10-30-63)107-102(108-100)68-35-24-40-72(60-68)112-85-55-52-82-89(75-42-13-17-45-80(75)109(82)69-36-11-4-12-37-69)92(85)79-50-49-74-73-41-15-19-47-86(73)114-96(74)95(79)112/h1-60H. The molecule has 0 saturated carbocycles. The summed E-state index contributed by atoms with van der Waals surface area (Å²) in [4.78, 5) is 31.6. The molecule has 0 unspecified atom stereocenters. The van der Waals surface area contributed by atoms with Crippen LogP contribution in [0.4, 0.5) is 0 Å². The van der Waals surface area contributed by atoms with Gasteiger partial charge in [0.05, 0.1) is 49.5 Å². The van der Waals surface area contributed by atoms with Crippen molar-refractivity contribution < 1.29 is 8.83 Å². The fraction of sp³-hybridized carbons (Fsp3) is 0. The largest absolute Gasteiger partial charge is 0.456 e. The Balaban J connectivity index is 0.648. The Morgan fingerprint density at radius 3 is 1.04 bits per heavy atom. The minimum Gasteiger partial charge on any atom is -0.456 e. The molecule has 0 N–H and O–H groups in total. The number of hydrogen-bond acceptors (Lipinski definition) is 8. The smallest absolute Gasteiger partial charge is 0.164 e. The fourth-order valence-electron chi connectivity index (χ4n) is 17.9. The molecule has 0 aliphatic rings. The van der Waals surface area contributed by atoms with E-state index in [0.29, 0.717) is 34.9 Å². The molecule has 114 heavy (non-hydrogen) atoms. The van der Waals surface area contributed by atoms with E-state index in [9.17, 15) is 0 Å². The van der Waals surface area contributed by atoms with Gasteiger partial charge in [-0.15, -0.1) is 0 Å². The van der Waals surface area contributed by atoms with E-state index in [2.05, 4.69) is 291 Å². The van der Waals surface area contributed by atoms with Crippen molar-refractivity contribution in [2.75, 3.05) is 0 Å². The summed E-state index contributed by atoms with van der Waals surface area (Å²) in [7, 11) is 0. The summed E-state index contributed by atoms with van der Waals surface area (Å²) in [6.07, 6.45) is 0. The van der Waals surface area contributed by atoms with Crippen LogP contribution in [-0.2, 0) is 0 Å². The number of fused-ring (bicyclic) bond motifs is 22. The topological polar surface area (TPSA) is 123 Å². The zero-order valence-corrected chi connectivity index (χ0v) is 60.9. The summed E-state index contributed by atoms with van der Waals surface area (Å²) in [5.41, 5.74) is 23.2. The lowest BCUT2D eigenvalue weighted by atomic mass is 10.0. The number of aromatic nitrogens is 10. The van der Waals surface area contributed by atoms with Crippen LogP contribution in [0.2, 0.25) is 0 Å². The second-order valence-electron chi connectivity index (χ2n) is 29.2. The molecule has 0 radical (unpaired) electrons. The Kier molecular flexibility index (Phi) is 13.8. The van der Waals surface area contributed by atoms with Gasteiger partial charge in [-0.05, 0) is 132 Å². The van der Waals surface area contributed by atoms with E-state index in [1.54, 1.807) is 0 Å². The first-order valence-electron chi connectivity index (χ1n) is 38.3. The van der Waals surface area contributed by atoms with Crippen LogP contribution in [0.15, 0.2) is 373 Å². The number of hydrogen-bond donors (Lipinski definition) is 0. The third kappa shape index (κ3) is 9.71. The molecule has 0 aliphatic carbocycles. The predicted octanol–water partition coefficient (Wildman–Crippen LogP) is 25.9. The first-order chi connectivity index (χ1) is 56.5. The molecule has 0 fully saturated rings. The van der Waals surface area contributed by atoms with Gasteiger partial charge in [-0.1, -0.05) is 243 Å². The monoisotopic (exact) mass is 1460 g/mol. The maximum Gasteiger partial charge on any atom is 0.164 e. The molecule has 0 bridgehead atoms. The Hall–Kier alpha value is -15.7. The highest BCUT2D eigenvalue weighted by atomic mass is 16.3. The van der Waals surface area contributed by atoms with E-state index in [4.69, 9.17) is 38.7 Å². The van der Waals surface area contributed by atoms with Gasteiger partial charge in [-0.2, -0.15) is 0 Å². The second-order valence-corrected chi connectivity index (χ2v) is 29.2. The van der Waals surface area contributed by atoms with Crippen molar-refractivity contribution in [3.05, 3.63) is 364 Å². The van der Waals surface area contributed by atoms with Crippen LogP contribution < -0.4 is 0 Å². The first-order valence-corrected chi connectivity index (χ1v) is 38.3. The normalized spacial score (nSPS) is 12.0. The Labute approximate surface area is 650 Å². The van der Waals surface area contributed by atoms with E-state index < -0.39 is 0 Å². The minimum atomic E-state index is 0.547. The van der Waals surface area contributed by atoms with Gasteiger partial charge in [0.2, 0.25) is 0 Å². The first kappa shape index (κ1) is 63.3. The van der Waals surface area contributed by atoms with Crippen molar-refractivity contribution in [2.24, 2.45) is 0 Å². The van der Waals surface area contributed by atoms with Crippen molar-refractivity contribution in [1.29, 1.82) is 0 Å². The van der Waals surface area contributed by atoms with Crippen LogP contribution in [0, 0.1) is 0 Å². The second kappa shape index (κ2) is 24.9. The third-order valence-electron chi connectivity index (χ3n) is 22.8. The van der Waals surface area contributed by atoms with Crippen LogP contribution in [-0.4, -0.2) is 48.2 Å². The van der Waals surface area contributed by atoms with E-state index in [1.165, 1.54) is 10.8 Å². The quantitative estimate of drug-likeness (QED) is 0.125. The molecule has 0 spiro atoms. The van der Waals surface area contributed by atoms with Crippen molar-refractivity contribution in [2.45, 2.75) is 0 Å². The number of benzene rings is 16. The van der Waals surface area contributed by atoms with Crippen LogP contribution >= 0.6 is 0 Å². The Morgan fingerprint density at radius 2 is 0.509 bits per heavy atom. The summed E-state index contributed by atoms with van der Waals surface area (Å²) in [6.45, 7) is 0. The van der Waals surface area contributed by atoms with Crippen LogP contribution in [0.1, 0.15) is 0 Å². The number of rotatable bonds is 11. The molecule has 0 saturated heterocycles. The molecule has 0 amide bonds. The van der Waals surface area contributed by atoms with Crippen LogP contribution in [0.5, 0.6) is 0 Å². The number of nitrogens with zero attached hydrogens (tertiary/aromatic N) is 10. The van der Waals surface area contributed by atoms with Gasteiger partial charge < -0.3 is 27.1 Å². The van der Waals surface area contributed by atoms with Crippen molar-refractivity contribution in [3.63, 3.8) is 0 Å². The molecule has 0 atom stereocenters. The van der Waals surface area contributed by atoms with Gasteiger partial charge in [-0.25, -0.2) is 29.9 Å². The number of furan rings is 2. The molecule has 0 aliphatic heterocycles. The highest BCUT2D eigenvalue weighted by Gasteiger charge is 2.28. The molecule has 12 heteroatoms. The SMILES string of the molecule is c1ccc(-c2nc(-c3cccc(-c4cccc(-n5c6ccccc6c6c7c8ccc9oc%10ccccc%10c9c8n(-c8cccc(-c9nc(-c%10ccccc%10)nc(-c%10ccccc%10)n9)c8)c7ccc65)c4)c3)nc(-c3cccc(-n4c5ccc6c(c7ccccc7n6-c6ccccc6)c5c5ccc6c7ccccc7oc6c54)c3)n2)cc1. The molecular formula is C102H60N10O2. The van der Waals surface area contributed by atoms with Gasteiger partial charge in [-0.3, -0.25) is 0 Å². The molecule has 24 rings (SSSR count). The molecule has 12 nitrogen and oxygen atoms in total. The van der Waals surface area contributed by atoms with Gasteiger partial charge in [0.1, 0.15) is 16.7 Å². The van der Waals surface area contributed by atoms with Gasteiger partial charge in [0.15, 0.2) is 40.5 Å². The maximum atomic E-state index is 7.00. The predicted molar refractivity (Wildman–Crippen MR) is 463 cm³/mol. The van der Waals surface area contributed by atoms with E-state index in [1.807, 2.05) is 91.0 Å². The highest BCUT2D eigenvalue weighted by molar-refractivity contribution is 6.34. The zero-order valence-electron chi connectivity index (χ0n) is 60.9. The van der Waals surface area contributed by atoms with Gasteiger partial charge in [0.25, 0.3) is 0 Å². The average molecular weight is 1460 g/mol. The Bertz CT molecular complexity index is 8050. The third-order valence-corrected chi connectivity index (χ3v) is 22.8. The fourth-order valence-corrected chi connectivity index (χ4v) is 17.9. The summed E-state index contributed by atoms with van der Waals surface area (Å²) in [5.74, 6) is 3.45. The van der Waals surface area contributed by atoms with E-state index in [0.717, 1.165) is 188 Å². The molecule has 24 aromatic rings. The summed E-state index contributed by atoms with van der Waals surface area (Å²) < 4.78 is 23.3. The summed E-state index contributed by atoms with van der Waals surface area (Å²) >= 11 is 0. The molecular weight excluding hydrogens is 1400 g/mol. The minimum absolute atomic E-state index is 0.547. The van der Waals surface area contributed by atoms with Gasteiger partial charge >= 0.3 is 0 Å². The lowest BCUT2D eigenvalue weighted by molar-refractivity contribution is 0.669. The molecule has 16 aromatic carbocycles. The molecule has 530 valence electrons. The van der Waals surface area contributed by atoms with Crippen molar-refractivity contribution in [3.8, 4) is 102 Å². The van der Waals surface area contributed by atoms with Crippen LogP contribution in [0.25, 0.3) is 233 Å². The molecule has 8 heterocycles. The van der Waals surface area contributed by atoms with E-state index >= 15 is 0 Å². The van der Waals surface area contributed by atoms with Crippen LogP contribution in [0.3, 0.4) is 0 Å². The average Bonchev–Trinajstić information content (AvgIpc) is 1.54. The molecule has 8 aromatic heterocycles. The number of para-hydroxylation sites is 5. The summed E-state index contributed by atoms with van der Waals surface area (Å²) in [6, 6.07) is 128. The van der Waals surface area contributed by atoms with Crippen molar-refractivity contribution in [1.82, 2.24) is 48.2 Å². The zero-order chi connectivity index (χ0) is 74.6.